The summed E-state index contributed by atoms with van der Waals surface area (Å²) in [7, 11) is 1.49. The third kappa shape index (κ3) is 5.27. The SMILES string of the molecule is CCCn1c(C)cc(C(=O)COC(=O)c2ccc(OCc3c(C)noc3C)c(OC)c2)c1C. The predicted octanol–water partition coefficient (Wildman–Crippen LogP) is 4.75. The van der Waals surface area contributed by atoms with Crippen molar-refractivity contribution in [3.8, 4) is 11.5 Å². The van der Waals surface area contributed by atoms with E-state index in [4.69, 9.17) is 18.7 Å². The number of aromatic nitrogens is 2. The van der Waals surface area contributed by atoms with E-state index >= 15 is 0 Å². The lowest BCUT2D eigenvalue weighted by Crippen LogP contribution is -2.15. The van der Waals surface area contributed by atoms with Crippen LogP contribution in [0.3, 0.4) is 0 Å². The summed E-state index contributed by atoms with van der Waals surface area (Å²) < 4.78 is 23.7. The van der Waals surface area contributed by atoms with E-state index in [1.54, 1.807) is 12.1 Å². The number of Topliss-reactive ketones (excluding diaryl/α,β-unsaturated/α-hetero) is 1. The Labute approximate surface area is 193 Å². The maximum atomic E-state index is 12.7. The van der Waals surface area contributed by atoms with Gasteiger partial charge in [-0.15, -0.1) is 0 Å². The first-order valence-electron chi connectivity index (χ1n) is 10.9. The number of aryl methyl sites for hydroxylation is 3. The van der Waals surface area contributed by atoms with Gasteiger partial charge in [-0.3, -0.25) is 4.79 Å². The third-order valence-electron chi connectivity index (χ3n) is 5.61. The molecule has 0 saturated heterocycles. The van der Waals surface area contributed by atoms with E-state index in [1.807, 2.05) is 33.8 Å². The number of rotatable bonds is 10. The van der Waals surface area contributed by atoms with Gasteiger partial charge in [0.15, 0.2) is 18.1 Å². The molecule has 0 unspecified atom stereocenters. The highest BCUT2D eigenvalue weighted by molar-refractivity contribution is 6.00. The van der Waals surface area contributed by atoms with Crippen LogP contribution < -0.4 is 9.47 Å². The Hall–Kier alpha value is -3.55. The van der Waals surface area contributed by atoms with Gasteiger partial charge in [0.2, 0.25) is 5.78 Å². The number of ketones is 1. The van der Waals surface area contributed by atoms with Crippen LogP contribution >= 0.6 is 0 Å². The van der Waals surface area contributed by atoms with E-state index in [0.717, 1.165) is 35.6 Å². The molecule has 0 radical (unpaired) electrons. The van der Waals surface area contributed by atoms with Crippen LogP contribution in [0, 0.1) is 27.7 Å². The van der Waals surface area contributed by atoms with Crippen LogP contribution in [0.5, 0.6) is 11.5 Å². The van der Waals surface area contributed by atoms with Gasteiger partial charge in [-0.1, -0.05) is 12.1 Å². The second-order valence-electron chi connectivity index (χ2n) is 7.89. The van der Waals surface area contributed by atoms with Gasteiger partial charge >= 0.3 is 5.97 Å². The molecular weight excluding hydrogens is 424 g/mol. The molecule has 0 bridgehead atoms. The van der Waals surface area contributed by atoms with Crippen molar-refractivity contribution in [2.24, 2.45) is 0 Å². The maximum absolute atomic E-state index is 12.7. The van der Waals surface area contributed by atoms with Gasteiger partial charge in [0.25, 0.3) is 0 Å². The molecule has 0 saturated carbocycles. The van der Waals surface area contributed by atoms with Gasteiger partial charge in [0.1, 0.15) is 12.4 Å². The van der Waals surface area contributed by atoms with Crippen LogP contribution in [0.2, 0.25) is 0 Å². The number of esters is 1. The minimum atomic E-state index is -0.610. The molecule has 0 aliphatic heterocycles. The maximum Gasteiger partial charge on any atom is 0.338 e. The molecular formula is C25H30N2O6. The number of ether oxygens (including phenoxy) is 3. The van der Waals surface area contributed by atoms with Gasteiger partial charge in [-0.25, -0.2) is 4.79 Å². The number of hydrogen-bond acceptors (Lipinski definition) is 7. The fourth-order valence-electron chi connectivity index (χ4n) is 3.71. The van der Waals surface area contributed by atoms with Crippen LogP contribution in [0.15, 0.2) is 28.8 Å². The summed E-state index contributed by atoms with van der Waals surface area (Å²) in [5.74, 6) is 0.692. The van der Waals surface area contributed by atoms with Gasteiger partial charge in [0.05, 0.1) is 23.9 Å². The van der Waals surface area contributed by atoms with E-state index in [2.05, 4.69) is 16.6 Å². The summed E-state index contributed by atoms with van der Waals surface area (Å²) in [4.78, 5) is 25.2. The fraction of sp³-hybridized carbons (Fsp3) is 0.400. The van der Waals surface area contributed by atoms with Crippen molar-refractivity contribution < 1.29 is 28.3 Å². The molecule has 33 heavy (non-hydrogen) atoms. The van der Waals surface area contributed by atoms with Crippen molar-refractivity contribution in [2.75, 3.05) is 13.7 Å². The average Bonchev–Trinajstić information content (AvgIpc) is 3.28. The summed E-state index contributed by atoms with van der Waals surface area (Å²) >= 11 is 0. The summed E-state index contributed by atoms with van der Waals surface area (Å²) in [6, 6.07) is 6.58. The Morgan fingerprint density at radius 1 is 1.09 bits per heavy atom. The molecule has 0 aliphatic carbocycles. The minimum Gasteiger partial charge on any atom is -0.493 e. The van der Waals surface area contributed by atoms with Gasteiger partial charge in [-0.05, 0) is 58.4 Å². The van der Waals surface area contributed by atoms with Crippen molar-refractivity contribution in [3.63, 3.8) is 0 Å². The zero-order chi connectivity index (χ0) is 24.1. The molecule has 3 rings (SSSR count). The Morgan fingerprint density at radius 2 is 1.85 bits per heavy atom. The molecule has 2 heterocycles. The number of benzene rings is 1. The van der Waals surface area contributed by atoms with Crippen LogP contribution in [0.1, 0.15) is 62.5 Å². The molecule has 176 valence electrons. The molecule has 1 aromatic carbocycles. The number of hydrogen-bond donors (Lipinski definition) is 0. The van der Waals surface area contributed by atoms with Crippen molar-refractivity contribution in [2.45, 2.75) is 54.2 Å². The van der Waals surface area contributed by atoms with E-state index < -0.39 is 5.97 Å². The number of nitrogens with zero attached hydrogens (tertiary/aromatic N) is 2. The summed E-state index contributed by atoms with van der Waals surface area (Å²) in [6.07, 6.45) is 0.971. The van der Waals surface area contributed by atoms with E-state index in [9.17, 15) is 9.59 Å². The zero-order valence-electron chi connectivity index (χ0n) is 20.0. The van der Waals surface area contributed by atoms with Crippen LogP contribution in [0.4, 0.5) is 0 Å². The molecule has 0 fully saturated rings. The van der Waals surface area contributed by atoms with E-state index in [1.165, 1.54) is 13.2 Å². The standard InChI is InChI=1S/C25H30N2O6/c1-7-10-27-15(2)11-20(17(27)4)22(28)14-32-25(29)19-8-9-23(24(12-19)30-6)31-13-21-16(3)26-33-18(21)5/h8-9,11-12H,7,10,13-14H2,1-6H3. The van der Waals surface area contributed by atoms with Crippen molar-refractivity contribution in [1.82, 2.24) is 9.72 Å². The van der Waals surface area contributed by atoms with Crippen molar-refractivity contribution in [3.05, 3.63) is 63.8 Å². The molecule has 8 nitrogen and oxygen atoms in total. The van der Waals surface area contributed by atoms with Crippen molar-refractivity contribution >= 4 is 11.8 Å². The summed E-state index contributed by atoms with van der Waals surface area (Å²) in [6.45, 7) is 10.4. The highest BCUT2D eigenvalue weighted by atomic mass is 16.5. The van der Waals surface area contributed by atoms with E-state index in [-0.39, 0.29) is 24.6 Å². The highest BCUT2D eigenvalue weighted by Crippen LogP contribution is 2.30. The Kier molecular flexibility index (Phi) is 7.58. The predicted molar refractivity (Wildman–Crippen MR) is 122 cm³/mol. The lowest BCUT2D eigenvalue weighted by Gasteiger charge is -2.12. The largest absolute Gasteiger partial charge is 0.493 e. The molecule has 0 N–H and O–H groups in total. The number of methoxy groups -OCH3 is 1. The Morgan fingerprint density at radius 3 is 2.48 bits per heavy atom. The van der Waals surface area contributed by atoms with Gasteiger partial charge in [-0.2, -0.15) is 0 Å². The Bertz CT molecular complexity index is 1140. The second kappa shape index (κ2) is 10.4. The van der Waals surface area contributed by atoms with Crippen LogP contribution in [-0.4, -0.2) is 35.2 Å². The van der Waals surface area contributed by atoms with Crippen LogP contribution in [-0.2, 0) is 17.9 Å². The van der Waals surface area contributed by atoms with Gasteiger partial charge in [0, 0.05) is 23.5 Å². The highest BCUT2D eigenvalue weighted by Gasteiger charge is 2.19. The summed E-state index contributed by atoms with van der Waals surface area (Å²) in [5.41, 5.74) is 4.36. The quantitative estimate of drug-likeness (QED) is 0.322. The lowest BCUT2D eigenvalue weighted by atomic mass is 10.1. The fourth-order valence-corrected chi connectivity index (χ4v) is 3.71. The average molecular weight is 455 g/mol. The van der Waals surface area contributed by atoms with Crippen LogP contribution in [0.25, 0.3) is 0 Å². The molecule has 8 heteroatoms. The lowest BCUT2D eigenvalue weighted by molar-refractivity contribution is 0.0474. The molecule has 0 amide bonds. The number of carbonyl (C=O) groups excluding carboxylic acids is 2. The Balaban J connectivity index is 1.65. The normalized spacial score (nSPS) is 10.8. The number of carbonyl (C=O) groups is 2. The second-order valence-corrected chi connectivity index (χ2v) is 7.89. The van der Waals surface area contributed by atoms with Crippen molar-refractivity contribution in [1.29, 1.82) is 0 Å². The summed E-state index contributed by atoms with van der Waals surface area (Å²) in [5, 5.41) is 3.91. The topological polar surface area (TPSA) is 92.8 Å². The van der Waals surface area contributed by atoms with E-state index in [0.29, 0.717) is 22.8 Å². The third-order valence-corrected chi connectivity index (χ3v) is 5.61. The first kappa shape index (κ1) is 24.1. The molecule has 0 atom stereocenters. The monoisotopic (exact) mass is 454 g/mol. The first-order valence-corrected chi connectivity index (χ1v) is 10.9. The molecule has 3 aromatic rings. The molecule has 0 spiro atoms. The molecule has 2 aromatic heterocycles. The minimum absolute atomic E-state index is 0.231. The zero-order valence-corrected chi connectivity index (χ0v) is 20.0. The first-order chi connectivity index (χ1) is 15.8. The molecule has 0 aliphatic rings. The van der Waals surface area contributed by atoms with Gasteiger partial charge < -0.3 is 23.3 Å². The smallest absolute Gasteiger partial charge is 0.338 e.